The molecule has 10 aliphatic rings. The van der Waals surface area contributed by atoms with Gasteiger partial charge in [-0.3, -0.25) is 0 Å². The minimum absolute atomic E-state index is 0.0786. The lowest BCUT2D eigenvalue weighted by Crippen LogP contribution is -2.73. The number of hydrogen-bond acceptors (Lipinski definition) is 3. The first-order valence-corrected chi connectivity index (χ1v) is 28.1. The number of fused-ring (bicyclic) bond motifs is 14. The van der Waals surface area contributed by atoms with Crippen molar-refractivity contribution in [2.24, 2.45) is 119 Å². The Morgan fingerprint density at radius 2 is 1.08 bits per heavy atom. The topological polar surface area (TPSA) is 46.5 Å². The van der Waals surface area contributed by atoms with E-state index in [-0.39, 0.29) is 39.1 Å². The zero-order valence-electron chi connectivity index (χ0n) is 44.5. The molecule has 0 heterocycles. The Bertz CT molecular complexity index is 1910. The molecule has 0 radical (unpaired) electrons. The van der Waals surface area contributed by atoms with Gasteiger partial charge in [0.1, 0.15) is 6.10 Å². The van der Waals surface area contributed by atoms with E-state index in [1.165, 1.54) is 95.5 Å². The first kappa shape index (κ1) is 46.9. The summed E-state index contributed by atoms with van der Waals surface area (Å²) in [6.07, 6.45) is 24.3. The summed E-state index contributed by atoms with van der Waals surface area (Å²) in [6.45, 7) is 43.4. The van der Waals surface area contributed by atoms with Gasteiger partial charge < -0.3 is 9.84 Å². The molecule has 10 rings (SSSR count). The van der Waals surface area contributed by atoms with Crippen LogP contribution in [0.15, 0.2) is 12.2 Å². The number of rotatable bonds is 3. The average Bonchev–Trinajstić information content (AvgIpc) is 3.57. The van der Waals surface area contributed by atoms with Crippen molar-refractivity contribution < 1.29 is 14.6 Å². The van der Waals surface area contributed by atoms with Crippen LogP contribution >= 0.6 is 0 Å². The normalized spacial score (nSPS) is 59.2. The summed E-state index contributed by atoms with van der Waals surface area (Å²) in [5.74, 6) is 6.91. The third-order valence-electron chi connectivity index (χ3n) is 28.1. The van der Waals surface area contributed by atoms with Crippen LogP contribution in [0.3, 0.4) is 0 Å². The molecule has 10 saturated carbocycles. The second-order valence-corrected chi connectivity index (χ2v) is 30.4. The van der Waals surface area contributed by atoms with Gasteiger partial charge in [-0.05, 0) is 244 Å². The van der Waals surface area contributed by atoms with Crippen molar-refractivity contribution in [3.8, 4) is 0 Å². The molecule has 0 aromatic carbocycles. The molecule has 10 fully saturated rings. The van der Waals surface area contributed by atoms with E-state index >= 15 is 4.79 Å². The van der Waals surface area contributed by atoms with Gasteiger partial charge in [-0.1, -0.05) is 109 Å². The predicted octanol–water partition coefficient (Wildman–Crippen LogP) is 16.1. The lowest BCUT2D eigenvalue weighted by atomic mass is 9.30. The van der Waals surface area contributed by atoms with E-state index in [4.69, 9.17) is 4.74 Å². The number of aliphatic hydroxyl groups is 1. The first-order valence-electron chi connectivity index (χ1n) is 28.1. The Morgan fingerprint density at radius 1 is 0.531 bits per heavy atom. The number of carbonyl (C=O) groups excluding carboxylic acids is 1. The van der Waals surface area contributed by atoms with Crippen LogP contribution in [0.1, 0.15) is 232 Å². The van der Waals surface area contributed by atoms with E-state index in [2.05, 4.69) is 110 Å². The molecule has 0 aromatic rings. The number of allylic oxidation sites excluding steroid dienone is 1. The molecule has 3 heteroatoms. The van der Waals surface area contributed by atoms with Crippen LogP contribution in [-0.2, 0) is 9.53 Å². The molecule has 1 unspecified atom stereocenters. The van der Waals surface area contributed by atoms with Gasteiger partial charge >= 0.3 is 5.97 Å². The van der Waals surface area contributed by atoms with E-state index in [0.29, 0.717) is 57.7 Å². The Kier molecular flexibility index (Phi) is 10.4. The van der Waals surface area contributed by atoms with Crippen LogP contribution in [0.25, 0.3) is 0 Å². The number of ether oxygens (including phenoxy) is 1. The summed E-state index contributed by atoms with van der Waals surface area (Å²) in [5, 5.41) is 13.7. The molecule has 10 aliphatic carbocycles. The van der Waals surface area contributed by atoms with Gasteiger partial charge in [-0.15, -0.1) is 0 Å². The highest BCUT2D eigenvalue weighted by Gasteiger charge is 2.76. The largest absolute Gasteiger partial charge is 0.460 e. The van der Waals surface area contributed by atoms with Crippen molar-refractivity contribution in [1.82, 2.24) is 0 Å². The van der Waals surface area contributed by atoms with Gasteiger partial charge in [0.15, 0.2) is 5.60 Å². The molecule has 21 atom stereocenters. The highest BCUT2D eigenvalue weighted by Crippen LogP contribution is 2.80. The van der Waals surface area contributed by atoms with Crippen molar-refractivity contribution in [3.63, 3.8) is 0 Å². The average molecular weight is 881 g/mol. The summed E-state index contributed by atoms with van der Waals surface area (Å²) in [6, 6.07) is 0. The Morgan fingerprint density at radius 3 is 1.70 bits per heavy atom. The fourth-order valence-electron chi connectivity index (χ4n) is 23.9. The summed E-state index contributed by atoms with van der Waals surface area (Å²) < 4.78 is 7.14. The van der Waals surface area contributed by atoms with Crippen LogP contribution in [0.4, 0.5) is 0 Å². The highest BCUT2D eigenvalue weighted by molar-refractivity contribution is 5.81. The quantitative estimate of drug-likeness (QED) is 0.227. The molecule has 3 nitrogen and oxygen atoms in total. The number of carbonyl (C=O) groups is 1. The molecule has 0 amide bonds. The van der Waals surface area contributed by atoms with E-state index in [0.717, 1.165) is 67.6 Å². The Labute approximate surface area is 394 Å². The fraction of sp³-hybridized carbons (Fsp3) is 0.951. The zero-order valence-corrected chi connectivity index (χ0v) is 44.5. The van der Waals surface area contributed by atoms with Crippen LogP contribution in [-0.4, -0.2) is 22.8 Å². The number of hydrogen-bond donors (Lipinski definition) is 1. The van der Waals surface area contributed by atoms with Gasteiger partial charge in [-0.25, -0.2) is 4.79 Å². The van der Waals surface area contributed by atoms with Crippen LogP contribution in [0, 0.1) is 119 Å². The maximum atomic E-state index is 15.6. The molecule has 362 valence electrons. The van der Waals surface area contributed by atoms with Crippen molar-refractivity contribution in [3.05, 3.63) is 12.2 Å². The standard InChI is InChI=1S/C61H100O3/c1-37(2)40-22-27-54(10)33-35-57(13)42(49(40)54)17-19-45-55(11)28-25-47(52(7,8)44(55)24-30-58(45,57)14)64-50(62)61(63)36-31-51(5,6)43-23-29-59(15)46(60(43,61)16)20-18-41-48-39(4)38(3)21-26-53(48,9)32-34-56(41,59)12/h38-49,63H,1,17-36H2,2-16H3/t38-,39+,40+,41-,42-,43+,44+,45-,46+,47+,48+,49-,53-,54-,55+,56-,57-,58-,59-,60+,61?/m1/s1. The lowest BCUT2D eigenvalue weighted by molar-refractivity contribution is -0.296. The summed E-state index contributed by atoms with van der Waals surface area (Å²) in [7, 11) is 0. The SMILES string of the molecule is C=C(C)[C@@H]1CC[C@]2(C)CC[C@]3(C)[C@H](CC[C@@H]4[C@@]5(C)CC[C@H](OC(=O)C6(O)CCC(C)(C)[C@@H]7CC[C@]8(C)[C@H](CC[C@@H]9[C@@H]%10[C@@H](C)[C@H](C)CC[C@]%10(C)CC[C@]98C)[C@]76C)C(C)(C)[C@@H]5CC[C@]43C)[C@@H]12. The third kappa shape index (κ3) is 5.58. The molecule has 1 N–H and O–H groups in total. The van der Waals surface area contributed by atoms with Gasteiger partial charge in [0.05, 0.1) is 0 Å². The number of esters is 1. The van der Waals surface area contributed by atoms with Crippen molar-refractivity contribution >= 4 is 5.97 Å². The minimum Gasteiger partial charge on any atom is -0.460 e. The van der Waals surface area contributed by atoms with E-state index in [1.54, 1.807) is 0 Å². The second kappa shape index (κ2) is 14.2. The fourth-order valence-corrected chi connectivity index (χ4v) is 23.9. The van der Waals surface area contributed by atoms with Crippen molar-refractivity contribution in [2.75, 3.05) is 0 Å². The van der Waals surface area contributed by atoms with Gasteiger partial charge in [0.25, 0.3) is 0 Å². The molecule has 0 bridgehead atoms. The third-order valence-corrected chi connectivity index (χ3v) is 28.1. The van der Waals surface area contributed by atoms with Gasteiger partial charge in [-0.2, -0.15) is 0 Å². The predicted molar refractivity (Wildman–Crippen MR) is 264 cm³/mol. The lowest BCUT2D eigenvalue weighted by Gasteiger charge is -2.75. The molecule has 0 spiro atoms. The molecule has 0 aliphatic heterocycles. The molecular weight excluding hydrogens is 781 g/mol. The minimum atomic E-state index is -1.47. The maximum absolute atomic E-state index is 15.6. The summed E-state index contributed by atoms with van der Waals surface area (Å²) in [5.41, 5.74) is 1.53. The summed E-state index contributed by atoms with van der Waals surface area (Å²) in [4.78, 5) is 15.6. The molecule has 0 aromatic heterocycles. The molecule has 64 heavy (non-hydrogen) atoms. The Balaban J connectivity index is 0.927. The van der Waals surface area contributed by atoms with Crippen LogP contribution < -0.4 is 0 Å². The van der Waals surface area contributed by atoms with E-state index in [9.17, 15) is 5.11 Å². The van der Waals surface area contributed by atoms with Crippen LogP contribution in [0.2, 0.25) is 0 Å². The highest BCUT2D eigenvalue weighted by atomic mass is 16.6. The molecular formula is C61H100O3. The monoisotopic (exact) mass is 881 g/mol. The van der Waals surface area contributed by atoms with Gasteiger partial charge in [0, 0.05) is 10.8 Å². The van der Waals surface area contributed by atoms with E-state index in [1.807, 2.05) is 0 Å². The van der Waals surface area contributed by atoms with Gasteiger partial charge in [0.2, 0.25) is 0 Å². The van der Waals surface area contributed by atoms with E-state index < -0.39 is 11.0 Å². The van der Waals surface area contributed by atoms with Crippen LogP contribution in [0.5, 0.6) is 0 Å². The molecule has 0 saturated heterocycles. The Hall–Kier alpha value is -0.830. The van der Waals surface area contributed by atoms with Crippen molar-refractivity contribution in [1.29, 1.82) is 0 Å². The zero-order chi connectivity index (χ0) is 46.4. The second-order valence-electron chi connectivity index (χ2n) is 30.4. The smallest absolute Gasteiger partial charge is 0.339 e. The summed E-state index contributed by atoms with van der Waals surface area (Å²) >= 11 is 0. The first-order chi connectivity index (χ1) is 29.6. The van der Waals surface area contributed by atoms with Crippen molar-refractivity contribution in [2.45, 2.75) is 244 Å². The maximum Gasteiger partial charge on any atom is 0.339 e.